The maximum atomic E-state index is 13.9. The van der Waals surface area contributed by atoms with Crippen LogP contribution in [-0.2, 0) is 12.6 Å². The molecule has 6 rings (SSSR count). The molecule has 3 aromatic heterocycles. The summed E-state index contributed by atoms with van der Waals surface area (Å²) in [5.41, 5.74) is 9.81. The molecule has 1 fully saturated rings. The van der Waals surface area contributed by atoms with E-state index in [1.807, 2.05) is 11.3 Å². The zero-order chi connectivity index (χ0) is 25.4. The smallest absolute Gasteiger partial charge is 0.382 e. The number of likely N-dealkylation sites (tertiary alicyclic amines) is 1. The molecule has 2 aliphatic rings. The van der Waals surface area contributed by atoms with Gasteiger partial charge in [-0.3, -0.25) is 9.20 Å². The number of nitrogen functional groups attached to an aromatic ring is 1. The second kappa shape index (κ2) is 7.91. The summed E-state index contributed by atoms with van der Waals surface area (Å²) < 4.78 is 41.8. The van der Waals surface area contributed by atoms with Crippen molar-refractivity contribution >= 4 is 28.3 Å². The summed E-state index contributed by atoms with van der Waals surface area (Å²) in [4.78, 5) is 28.9. The van der Waals surface area contributed by atoms with Crippen LogP contribution in [-0.4, -0.2) is 36.7 Å². The Kier molecular flexibility index (Phi) is 5.00. The Bertz CT molecular complexity index is 1530. The number of piperidine rings is 1. The lowest BCUT2D eigenvalue weighted by atomic mass is 9.72. The highest BCUT2D eigenvalue weighted by Gasteiger charge is 2.42. The SMILES string of the molecule is Cc1ncn2c1c(N)nc1cnc(C(=O)N3CC(C)CC4CCc5cc(C(F)(F)F)ccc5C43)cc12. The summed E-state index contributed by atoms with van der Waals surface area (Å²) in [7, 11) is 0. The molecule has 0 radical (unpaired) electrons. The molecule has 4 heterocycles. The number of nitrogens with two attached hydrogens (primary N) is 1. The molecule has 0 saturated carbocycles. The van der Waals surface area contributed by atoms with E-state index in [9.17, 15) is 18.0 Å². The first-order valence-corrected chi connectivity index (χ1v) is 12.0. The number of halogens is 3. The van der Waals surface area contributed by atoms with E-state index in [4.69, 9.17) is 5.73 Å². The summed E-state index contributed by atoms with van der Waals surface area (Å²) >= 11 is 0. The van der Waals surface area contributed by atoms with Crippen LogP contribution >= 0.6 is 0 Å². The van der Waals surface area contributed by atoms with Gasteiger partial charge in [-0.2, -0.15) is 13.2 Å². The molecule has 2 N–H and O–H groups in total. The van der Waals surface area contributed by atoms with Gasteiger partial charge in [0.2, 0.25) is 0 Å². The van der Waals surface area contributed by atoms with E-state index in [1.165, 1.54) is 12.3 Å². The number of hydrogen-bond donors (Lipinski definition) is 1. The number of fused-ring (bicyclic) bond motifs is 6. The van der Waals surface area contributed by atoms with Crippen LogP contribution in [0.4, 0.5) is 19.0 Å². The molecule has 0 bridgehead atoms. The van der Waals surface area contributed by atoms with Crippen molar-refractivity contribution in [2.45, 2.75) is 45.3 Å². The average Bonchev–Trinajstić information content (AvgIpc) is 3.24. The third-order valence-electron chi connectivity index (χ3n) is 7.60. The molecule has 0 spiro atoms. The molecule has 1 aliphatic carbocycles. The third-order valence-corrected chi connectivity index (χ3v) is 7.60. The quantitative estimate of drug-likeness (QED) is 0.404. The van der Waals surface area contributed by atoms with E-state index < -0.39 is 11.7 Å². The first-order valence-electron chi connectivity index (χ1n) is 12.0. The minimum absolute atomic E-state index is 0.187. The summed E-state index contributed by atoms with van der Waals surface area (Å²) in [5, 5.41) is 0. The van der Waals surface area contributed by atoms with Gasteiger partial charge in [0.15, 0.2) is 5.82 Å². The zero-order valence-corrected chi connectivity index (χ0v) is 19.9. The predicted octanol–water partition coefficient (Wildman–Crippen LogP) is 4.97. The van der Waals surface area contributed by atoms with Gasteiger partial charge in [0, 0.05) is 6.54 Å². The number of hydrogen-bond acceptors (Lipinski definition) is 5. The first kappa shape index (κ1) is 22.8. The molecule has 10 heteroatoms. The van der Waals surface area contributed by atoms with Crippen LogP contribution in [0, 0.1) is 18.8 Å². The number of carbonyl (C=O) groups excluding carboxylic acids is 1. The van der Waals surface area contributed by atoms with Crippen molar-refractivity contribution in [1.29, 1.82) is 0 Å². The maximum absolute atomic E-state index is 13.9. The van der Waals surface area contributed by atoms with Crippen molar-refractivity contribution in [3.05, 3.63) is 64.9 Å². The van der Waals surface area contributed by atoms with Crippen LogP contribution in [0.15, 0.2) is 36.8 Å². The van der Waals surface area contributed by atoms with E-state index >= 15 is 0 Å². The van der Waals surface area contributed by atoms with Gasteiger partial charge in [0.1, 0.15) is 23.1 Å². The normalized spacial score (nSPS) is 22.0. The standard InChI is InChI=1S/C26H25F3N6O/c1-13-7-16-4-3-15-8-17(26(27,28)29)5-6-18(15)23(16)34(11-13)25(36)19-9-21-20(10-31-19)33-24(30)22-14(2)32-12-35(21)22/h5-6,8-10,12-13,16,23H,3-4,7,11H2,1-2H3,(H2,30,33). The van der Waals surface area contributed by atoms with Gasteiger partial charge in [-0.25, -0.2) is 15.0 Å². The summed E-state index contributed by atoms with van der Waals surface area (Å²) in [6, 6.07) is 5.35. The first-order chi connectivity index (χ1) is 17.1. The van der Waals surface area contributed by atoms with Crippen LogP contribution in [0.1, 0.15) is 58.7 Å². The Morgan fingerprint density at radius 1 is 1.19 bits per heavy atom. The number of aryl methyl sites for hydroxylation is 2. The van der Waals surface area contributed by atoms with Gasteiger partial charge < -0.3 is 10.6 Å². The van der Waals surface area contributed by atoms with Crippen LogP contribution in [0.3, 0.4) is 0 Å². The largest absolute Gasteiger partial charge is 0.416 e. The molecule has 36 heavy (non-hydrogen) atoms. The third kappa shape index (κ3) is 3.50. The number of anilines is 1. The number of amides is 1. The Balaban J connectivity index is 1.43. The molecule has 7 nitrogen and oxygen atoms in total. The second-order valence-corrected chi connectivity index (χ2v) is 10.1. The molecule has 3 atom stereocenters. The van der Waals surface area contributed by atoms with Gasteiger partial charge in [-0.15, -0.1) is 0 Å². The average molecular weight is 495 g/mol. The molecule has 1 aromatic carbocycles. The van der Waals surface area contributed by atoms with E-state index in [0.29, 0.717) is 40.9 Å². The van der Waals surface area contributed by atoms with E-state index in [0.717, 1.165) is 30.2 Å². The molecule has 186 valence electrons. The van der Waals surface area contributed by atoms with Crippen LogP contribution < -0.4 is 5.73 Å². The van der Waals surface area contributed by atoms with Crippen molar-refractivity contribution in [2.75, 3.05) is 12.3 Å². The van der Waals surface area contributed by atoms with E-state index in [1.54, 1.807) is 23.4 Å². The Morgan fingerprint density at radius 3 is 2.78 bits per heavy atom. The van der Waals surface area contributed by atoms with Gasteiger partial charge in [0.05, 0.1) is 29.0 Å². The highest BCUT2D eigenvalue weighted by atomic mass is 19.4. The number of nitrogens with zero attached hydrogens (tertiary/aromatic N) is 5. The maximum Gasteiger partial charge on any atom is 0.416 e. The molecule has 1 amide bonds. The number of pyridine rings is 1. The van der Waals surface area contributed by atoms with Crippen molar-refractivity contribution < 1.29 is 18.0 Å². The minimum atomic E-state index is -4.40. The van der Waals surface area contributed by atoms with Crippen LogP contribution in [0.25, 0.3) is 16.6 Å². The van der Waals surface area contributed by atoms with Crippen molar-refractivity contribution in [3.63, 3.8) is 0 Å². The Labute approximate surface area is 205 Å². The van der Waals surface area contributed by atoms with Crippen molar-refractivity contribution in [1.82, 2.24) is 24.3 Å². The topological polar surface area (TPSA) is 89.4 Å². The summed E-state index contributed by atoms with van der Waals surface area (Å²) in [6.45, 7) is 4.46. The Hall–Kier alpha value is -3.69. The fourth-order valence-electron chi connectivity index (χ4n) is 6.05. The highest BCUT2D eigenvalue weighted by molar-refractivity contribution is 5.96. The molecular weight excluding hydrogens is 469 g/mol. The number of alkyl halides is 3. The number of rotatable bonds is 1. The van der Waals surface area contributed by atoms with Gasteiger partial charge >= 0.3 is 6.18 Å². The van der Waals surface area contributed by atoms with Crippen molar-refractivity contribution in [2.24, 2.45) is 11.8 Å². The lowest BCUT2D eigenvalue weighted by Gasteiger charge is -2.47. The Morgan fingerprint density at radius 2 is 2.00 bits per heavy atom. The van der Waals surface area contributed by atoms with Gasteiger partial charge in [0.25, 0.3) is 5.91 Å². The number of carbonyl (C=O) groups is 1. The number of benzene rings is 1. The molecular formula is C26H25F3N6O. The van der Waals surface area contributed by atoms with Gasteiger partial charge in [-0.1, -0.05) is 13.0 Å². The van der Waals surface area contributed by atoms with E-state index in [2.05, 4.69) is 21.9 Å². The summed E-state index contributed by atoms with van der Waals surface area (Å²) in [6.07, 6.45) is 1.03. The molecule has 3 unspecified atom stereocenters. The van der Waals surface area contributed by atoms with Crippen LogP contribution in [0.5, 0.6) is 0 Å². The zero-order valence-electron chi connectivity index (χ0n) is 19.9. The molecule has 4 aromatic rings. The minimum Gasteiger partial charge on any atom is -0.382 e. The predicted molar refractivity (Wildman–Crippen MR) is 128 cm³/mol. The molecule has 1 saturated heterocycles. The lowest BCUT2D eigenvalue weighted by molar-refractivity contribution is -0.137. The number of aromatic nitrogens is 4. The fraction of sp³-hybridized carbons (Fsp3) is 0.385. The van der Waals surface area contributed by atoms with Crippen molar-refractivity contribution in [3.8, 4) is 0 Å². The monoisotopic (exact) mass is 494 g/mol. The van der Waals surface area contributed by atoms with Gasteiger partial charge in [-0.05, 0) is 67.3 Å². The fourth-order valence-corrected chi connectivity index (χ4v) is 6.05. The molecule has 1 aliphatic heterocycles. The van der Waals surface area contributed by atoms with E-state index in [-0.39, 0.29) is 29.5 Å². The second-order valence-electron chi connectivity index (χ2n) is 10.1. The number of imidazole rings is 1. The highest BCUT2D eigenvalue weighted by Crippen LogP contribution is 2.46. The lowest BCUT2D eigenvalue weighted by Crippen LogP contribution is -2.47. The van der Waals surface area contributed by atoms with Crippen LogP contribution in [0.2, 0.25) is 0 Å². The summed E-state index contributed by atoms with van der Waals surface area (Å²) in [5.74, 6) is 0.555.